The van der Waals surface area contributed by atoms with Crippen LogP contribution in [0.5, 0.6) is 17.2 Å². The molecular formula is C15H21NO4. The molecule has 0 radical (unpaired) electrons. The van der Waals surface area contributed by atoms with Crippen molar-refractivity contribution in [2.75, 3.05) is 27.0 Å². The SMILES string of the molecule is COc1cc(CN2CC(C)OC(C)C2)cc2c1OCO2. The van der Waals surface area contributed by atoms with Crippen molar-refractivity contribution in [1.82, 2.24) is 4.90 Å². The molecular weight excluding hydrogens is 258 g/mol. The highest BCUT2D eigenvalue weighted by atomic mass is 16.7. The molecule has 2 atom stereocenters. The van der Waals surface area contributed by atoms with Crippen LogP contribution in [-0.4, -0.2) is 44.1 Å². The van der Waals surface area contributed by atoms with E-state index in [1.165, 1.54) is 5.56 Å². The lowest BCUT2D eigenvalue weighted by atomic mass is 10.1. The summed E-state index contributed by atoms with van der Waals surface area (Å²) in [6.45, 7) is 7.25. The molecule has 0 aliphatic carbocycles. The van der Waals surface area contributed by atoms with E-state index in [0.29, 0.717) is 5.75 Å². The Balaban J connectivity index is 1.77. The number of benzene rings is 1. The summed E-state index contributed by atoms with van der Waals surface area (Å²) in [5.74, 6) is 2.22. The second-order valence-corrected chi connectivity index (χ2v) is 5.48. The molecule has 1 saturated heterocycles. The van der Waals surface area contributed by atoms with Gasteiger partial charge in [0.1, 0.15) is 0 Å². The van der Waals surface area contributed by atoms with Gasteiger partial charge in [0.25, 0.3) is 0 Å². The van der Waals surface area contributed by atoms with Gasteiger partial charge in [-0.15, -0.1) is 0 Å². The second kappa shape index (κ2) is 5.50. The van der Waals surface area contributed by atoms with Crippen LogP contribution in [0.1, 0.15) is 19.4 Å². The Bertz CT molecular complexity index is 481. The first-order valence-electron chi connectivity index (χ1n) is 7.00. The van der Waals surface area contributed by atoms with Gasteiger partial charge < -0.3 is 18.9 Å². The molecule has 0 amide bonds. The van der Waals surface area contributed by atoms with E-state index in [1.54, 1.807) is 7.11 Å². The maximum absolute atomic E-state index is 5.76. The quantitative estimate of drug-likeness (QED) is 0.846. The van der Waals surface area contributed by atoms with E-state index in [9.17, 15) is 0 Å². The molecule has 20 heavy (non-hydrogen) atoms. The van der Waals surface area contributed by atoms with Crippen LogP contribution in [0.3, 0.4) is 0 Å². The van der Waals surface area contributed by atoms with E-state index in [2.05, 4.69) is 18.7 Å². The molecule has 0 saturated carbocycles. The molecule has 2 heterocycles. The summed E-state index contributed by atoms with van der Waals surface area (Å²) in [5, 5.41) is 0. The third-order valence-electron chi connectivity index (χ3n) is 3.62. The molecule has 2 aliphatic rings. The minimum atomic E-state index is 0.265. The Hall–Kier alpha value is -1.46. The molecule has 3 rings (SSSR count). The van der Waals surface area contributed by atoms with E-state index in [1.807, 2.05) is 12.1 Å². The molecule has 1 aromatic rings. The van der Waals surface area contributed by atoms with Crippen molar-refractivity contribution < 1.29 is 18.9 Å². The highest BCUT2D eigenvalue weighted by Gasteiger charge is 2.24. The zero-order valence-corrected chi connectivity index (χ0v) is 12.2. The second-order valence-electron chi connectivity index (χ2n) is 5.48. The topological polar surface area (TPSA) is 40.2 Å². The molecule has 1 fully saturated rings. The van der Waals surface area contributed by atoms with Gasteiger partial charge in [-0.05, 0) is 31.5 Å². The smallest absolute Gasteiger partial charge is 0.231 e. The molecule has 1 aromatic carbocycles. The fourth-order valence-electron chi connectivity index (χ4n) is 2.95. The minimum absolute atomic E-state index is 0.265. The number of hydrogen-bond acceptors (Lipinski definition) is 5. The minimum Gasteiger partial charge on any atom is -0.493 e. The highest BCUT2D eigenvalue weighted by Crippen LogP contribution is 2.42. The van der Waals surface area contributed by atoms with E-state index in [0.717, 1.165) is 31.1 Å². The van der Waals surface area contributed by atoms with Crippen LogP contribution >= 0.6 is 0 Å². The number of nitrogens with zero attached hydrogens (tertiary/aromatic N) is 1. The molecule has 110 valence electrons. The molecule has 0 aromatic heterocycles. The van der Waals surface area contributed by atoms with Gasteiger partial charge in [0.15, 0.2) is 11.5 Å². The average Bonchev–Trinajstić information content (AvgIpc) is 2.84. The zero-order valence-electron chi connectivity index (χ0n) is 12.2. The summed E-state index contributed by atoms with van der Waals surface area (Å²) in [5.41, 5.74) is 1.17. The molecule has 0 bridgehead atoms. The average molecular weight is 279 g/mol. The number of hydrogen-bond donors (Lipinski definition) is 0. The van der Waals surface area contributed by atoms with Gasteiger partial charge >= 0.3 is 0 Å². The standard InChI is InChI=1S/C15H21NO4/c1-10-6-16(7-11(2)20-10)8-12-4-13(17-3)15-14(5-12)18-9-19-15/h4-5,10-11H,6-9H2,1-3H3. The van der Waals surface area contributed by atoms with E-state index >= 15 is 0 Å². The van der Waals surface area contributed by atoms with E-state index < -0.39 is 0 Å². The third-order valence-corrected chi connectivity index (χ3v) is 3.62. The van der Waals surface area contributed by atoms with E-state index in [4.69, 9.17) is 18.9 Å². The van der Waals surface area contributed by atoms with Crippen LogP contribution in [0, 0.1) is 0 Å². The summed E-state index contributed by atoms with van der Waals surface area (Å²) in [6.07, 6.45) is 0.546. The summed E-state index contributed by atoms with van der Waals surface area (Å²) < 4.78 is 22.0. The Morgan fingerprint density at radius 2 is 1.95 bits per heavy atom. The van der Waals surface area contributed by atoms with Gasteiger partial charge in [0.2, 0.25) is 12.5 Å². The van der Waals surface area contributed by atoms with Crippen LogP contribution in [0.15, 0.2) is 12.1 Å². The largest absolute Gasteiger partial charge is 0.493 e. The van der Waals surface area contributed by atoms with Gasteiger partial charge in [-0.25, -0.2) is 0 Å². The van der Waals surface area contributed by atoms with Crippen molar-refractivity contribution in [3.05, 3.63) is 17.7 Å². The van der Waals surface area contributed by atoms with Crippen molar-refractivity contribution in [3.63, 3.8) is 0 Å². The van der Waals surface area contributed by atoms with Crippen molar-refractivity contribution in [3.8, 4) is 17.2 Å². The summed E-state index contributed by atoms with van der Waals surface area (Å²) in [6, 6.07) is 4.06. The molecule has 2 unspecified atom stereocenters. The lowest BCUT2D eigenvalue weighted by Crippen LogP contribution is -2.44. The summed E-state index contributed by atoms with van der Waals surface area (Å²) in [7, 11) is 1.65. The fraction of sp³-hybridized carbons (Fsp3) is 0.600. The number of ether oxygens (including phenoxy) is 4. The molecule has 0 N–H and O–H groups in total. The van der Waals surface area contributed by atoms with Gasteiger partial charge in [-0.1, -0.05) is 0 Å². The van der Waals surface area contributed by atoms with E-state index in [-0.39, 0.29) is 19.0 Å². The number of fused-ring (bicyclic) bond motifs is 1. The lowest BCUT2D eigenvalue weighted by molar-refractivity contribution is -0.0705. The predicted octanol–water partition coefficient (Wildman–Crippen LogP) is 2.03. The van der Waals surface area contributed by atoms with Crippen LogP contribution in [0.25, 0.3) is 0 Å². The van der Waals surface area contributed by atoms with Crippen LogP contribution in [-0.2, 0) is 11.3 Å². The maximum Gasteiger partial charge on any atom is 0.231 e. The summed E-state index contributed by atoms with van der Waals surface area (Å²) >= 11 is 0. The van der Waals surface area contributed by atoms with Gasteiger partial charge in [-0.2, -0.15) is 0 Å². The van der Waals surface area contributed by atoms with Gasteiger partial charge in [0, 0.05) is 19.6 Å². The van der Waals surface area contributed by atoms with Gasteiger partial charge in [0.05, 0.1) is 19.3 Å². The monoisotopic (exact) mass is 279 g/mol. The highest BCUT2D eigenvalue weighted by molar-refractivity contribution is 5.55. The summed E-state index contributed by atoms with van der Waals surface area (Å²) in [4.78, 5) is 2.40. The molecule has 0 spiro atoms. The molecule has 2 aliphatic heterocycles. The first-order chi connectivity index (χ1) is 9.65. The van der Waals surface area contributed by atoms with Crippen LogP contribution in [0.4, 0.5) is 0 Å². The van der Waals surface area contributed by atoms with Gasteiger partial charge in [-0.3, -0.25) is 4.90 Å². The Morgan fingerprint density at radius 3 is 2.65 bits per heavy atom. The molecule has 5 heteroatoms. The Morgan fingerprint density at radius 1 is 1.20 bits per heavy atom. The zero-order chi connectivity index (χ0) is 14.1. The maximum atomic E-state index is 5.76. The number of morpholine rings is 1. The third kappa shape index (κ3) is 2.69. The van der Waals surface area contributed by atoms with Crippen molar-refractivity contribution in [2.45, 2.75) is 32.6 Å². The van der Waals surface area contributed by atoms with Crippen molar-refractivity contribution in [1.29, 1.82) is 0 Å². The normalized spacial score (nSPS) is 25.8. The Labute approximate surface area is 119 Å². The fourth-order valence-corrected chi connectivity index (χ4v) is 2.95. The van der Waals surface area contributed by atoms with Crippen molar-refractivity contribution >= 4 is 0 Å². The first-order valence-corrected chi connectivity index (χ1v) is 7.00. The molecule has 5 nitrogen and oxygen atoms in total. The van der Waals surface area contributed by atoms with Crippen LogP contribution in [0.2, 0.25) is 0 Å². The lowest BCUT2D eigenvalue weighted by Gasteiger charge is -2.35. The first kappa shape index (κ1) is 13.5. The van der Waals surface area contributed by atoms with Crippen LogP contribution < -0.4 is 14.2 Å². The Kier molecular flexibility index (Phi) is 3.72. The number of rotatable bonds is 3. The van der Waals surface area contributed by atoms with Crippen molar-refractivity contribution in [2.24, 2.45) is 0 Å². The number of methoxy groups -OCH3 is 1. The predicted molar refractivity (Wildman–Crippen MR) is 74.4 cm³/mol.